The zero-order valence-electron chi connectivity index (χ0n) is 20.0. The zero-order chi connectivity index (χ0) is 22.2. The van der Waals surface area contributed by atoms with Gasteiger partial charge in [-0.05, 0) is 50.9 Å². The number of esters is 1. The average Bonchev–Trinajstić information content (AvgIpc) is 2.73. The Kier molecular flexibility index (Phi) is 14.9. The summed E-state index contributed by atoms with van der Waals surface area (Å²) in [6.45, 7) is 6.73. The lowest BCUT2D eigenvalue weighted by atomic mass is 9.82. The van der Waals surface area contributed by atoms with Gasteiger partial charge in [0.2, 0.25) is 0 Å². The topological polar surface area (TPSA) is 63.6 Å². The Bertz CT molecular complexity index is 454. The van der Waals surface area contributed by atoms with Crippen LogP contribution in [0.5, 0.6) is 0 Å². The molecule has 0 aliphatic heterocycles. The minimum atomic E-state index is -0.721. The second kappa shape index (κ2) is 16.6. The van der Waals surface area contributed by atoms with Crippen LogP contribution < -0.4 is 0 Å². The van der Waals surface area contributed by atoms with Gasteiger partial charge in [0.05, 0.1) is 11.8 Å². The van der Waals surface area contributed by atoms with Gasteiger partial charge < -0.3 is 9.84 Å². The zero-order valence-corrected chi connectivity index (χ0v) is 20.0. The molecule has 2 unspecified atom stereocenters. The molecule has 0 bridgehead atoms. The molecule has 0 amide bonds. The van der Waals surface area contributed by atoms with Crippen LogP contribution in [0, 0.1) is 17.8 Å². The summed E-state index contributed by atoms with van der Waals surface area (Å²) in [7, 11) is 0. The van der Waals surface area contributed by atoms with E-state index < -0.39 is 5.97 Å². The molecule has 4 heteroatoms. The van der Waals surface area contributed by atoms with Crippen LogP contribution in [0.3, 0.4) is 0 Å². The van der Waals surface area contributed by atoms with Crippen molar-refractivity contribution in [3.8, 4) is 0 Å². The fraction of sp³-hybridized carbons (Fsp3) is 0.923. The van der Waals surface area contributed by atoms with Crippen LogP contribution in [-0.2, 0) is 14.3 Å². The lowest BCUT2D eigenvalue weighted by Gasteiger charge is -2.28. The van der Waals surface area contributed by atoms with Gasteiger partial charge in [-0.25, -0.2) is 0 Å². The molecule has 1 saturated carbocycles. The van der Waals surface area contributed by atoms with Crippen molar-refractivity contribution in [2.24, 2.45) is 17.8 Å². The summed E-state index contributed by atoms with van der Waals surface area (Å²) in [5.41, 5.74) is 0. The van der Waals surface area contributed by atoms with Crippen molar-refractivity contribution in [1.82, 2.24) is 0 Å². The van der Waals surface area contributed by atoms with Crippen molar-refractivity contribution >= 4 is 11.9 Å². The smallest absolute Gasteiger partial charge is 0.309 e. The summed E-state index contributed by atoms with van der Waals surface area (Å²) >= 11 is 0. The molecular weight excluding hydrogens is 376 g/mol. The fourth-order valence-corrected chi connectivity index (χ4v) is 4.88. The summed E-state index contributed by atoms with van der Waals surface area (Å²) < 4.78 is 6.09. The van der Waals surface area contributed by atoms with Crippen molar-refractivity contribution in [2.75, 3.05) is 0 Å². The van der Waals surface area contributed by atoms with Crippen molar-refractivity contribution < 1.29 is 19.4 Å². The molecular formula is C26H48O4. The van der Waals surface area contributed by atoms with Gasteiger partial charge in [0.1, 0.15) is 6.10 Å². The van der Waals surface area contributed by atoms with E-state index >= 15 is 0 Å². The number of hydrogen-bond donors (Lipinski definition) is 1. The predicted molar refractivity (Wildman–Crippen MR) is 123 cm³/mol. The van der Waals surface area contributed by atoms with E-state index in [1.165, 1.54) is 64.2 Å². The van der Waals surface area contributed by atoms with Gasteiger partial charge in [0.25, 0.3) is 0 Å². The third-order valence-electron chi connectivity index (χ3n) is 6.83. The lowest BCUT2D eigenvalue weighted by Crippen LogP contribution is -2.30. The van der Waals surface area contributed by atoms with Gasteiger partial charge in [-0.3, -0.25) is 9.59 Å². The first-order chi connectivity index (χ1) is 14.5. The van der Waals surface area contributed by atoms with Gasteiger partial charge in [0.15, 0.2) is 0 Å². The summed E-state index contributed by atoms with van der Waals surface area (Å²) in [5.74, 6) is -0.524. The van der Waals surface area contributed by atoms with Crippen molar-refractivity contribution in [1.29, 1.82) is 0 Å². The first kappa shape index (κ1) is 27.0. The van der Waals surface area contributed by atoms with E-state index in [1.54, 1.807) is 0 Å². The number of carboxylic acid groups (broad SMARTS) is 1. The summed E-state index contributed by atoms with van der Waals surface area (Å²) in [6.07, 6.45) is 18.2. The van der Waals surface area contributed by atoms with E-state index in [2.05, 4.69) is 20.8 Å². The first-order valence-electron chi connectivity index (χ1n) is 12.9. The third-order valence-corrected chi connectivity index (χ3v) is 6.83. The normalized spacial score (nSPS) is 21.2. The van der Waals surface area contributed by atoms with E-state index in [-0.39, 0.29) is 23.9 Å². The fourth-order valence-electron chi connectivity index (χ4n) is 4.88. The standard InChI is InChI=1S/C26H48O4/c1-4-7-9-10-12-15-24(20-21(13-6-3)14-11-8-5-2)30-26(29)23-18-16-22(17-19-23)25(27)28/h21-24H,4-20H2,1-3H3,(H,27,28). The maximum Gasteiger partial charge on any atom is 0.309 e. The Balaban J connectivity index is 2.59. The van der Waals surface area contributed by atoms with Gasteiger partial charge in [0, 0.05) is 0 Å². The molecule has 1 N–H and O–H groups in total. The minimum Gasteiger partial charge on any atom is -0.481 e. The second-order valence-electron chi connectivity index (χ2n) is 9.53. The molecule has 0 aromatic rings. The molecule has 0 spiro atoms. The maximum atomic E-state index is 12.9. The van der Waals surface area contributed by atoms with Gasteiger partial charge in [-0.15, -0.1) is 0 Å². The number of hydrogen-bond acceptors (Lipinski definition) is 3. The molecule has 0 aromatic heterocycles. The summed E-state index contributed by atoms with van der Waals surface area (Å²) in [5, 5.41) is 9.19. The van der Waals surface area contributed by atoms with E-state index in [4.69, 9.17) is 4.74 Å². The number of carboxylic acids is 1. The number of unbranched alkanes of at least 4 members (excludes halogenated alkanes) is 6. The van der Waals surface area contributed by atoms with Crippen LogP contribution in [0.15, 0.2) is 0 Å². The van der Waals surface area contributed by atoms with E-state index in [1.807, 2.05) is 0 Å². The molecule has 0 aromatic carbocycles. The molecule has 0 saturated heterocycles. The highest BCUT2D eigenvalue weighted by atomic mass is 16.5. The molecule has 176 valence electrons. The Morgan fingerprint density at radius 2 is 1.33 bits per heavy atom. The quantitative estimate of drug-likeness (QED) is 0.193. The maximum absolute atomic E-state index is 12.9. The number of rotatable bonds is 17. The highest BCUT2D eigenvalue weighted by Gasteiger charge is 2.32. The molecule has 1 aliphatic carbocycles. The molecule has 1 rings (SSSR count). The third kappa shape index (κ3) is 11.4. The molecule has 1 fully saturated rings. The van der Waals surface area contributed by atoms with Crippen LogP contribution in [0.4, 0.5) is 0 Å². The van der Waals surface area contributed by atoms with Gasteiger partial charge in [-0.1, -0.05) is 85.0 Å². The Hall–Kier alpha value is -1.06. The number of carbonyl (C=O) groups is 2. The van der Waals surface area contributed by atoms with Gasteiger partial charge in [-0.2, -0.15) is 0 Å². The van der Waals surface area contributed by atoms with Crippen LogP contribution in [-0.4, -0.2) is 23.1 Å². The monoisotopic (exact) mass is 424 g/mol. The summed E-state index contributed by atoms with van der Waals surface area (Å²) in [6, 6.07) is 0. The van der Waals surface area contributed by atoms with Gasteiger partial charge >= 0.3 is 11.9 Å². The Morgan fingerprint density at radius 1 is 0.767 bits per heavy atom. The Labute approximate surface area is 185 Å². The van der Waals surface area contributed by atoms with Crippen LogP contribution in [0.2, 0.25) is 0 Å². The van der Waals surface area contributed by atoms with E-state index in [0.29, 0.717) is 31.6 Å². The second-order valence-corrected chi connectivity index (χ2v) is 9.53. The average molecular weight is 425 g/mol. The molecule has 2 atom stereocenters. The predicted octanol–water partition coefficient (Wildman–Crippen LogP) is 7.54. The largest absolute Gasteiger partial charge is 0.481 e. The summed E-state index contributed by atoms with van der Waals surface area (Å²) in [4.78, 5) is 24.0. The number of aliphatic carboxylic acids is 1. The molecule has 1 aliphatic rings. The Morgan fingerprint density at radius 3 is 1.93 bits per heavy atom. The van der Waals surface area contributed by atoms with Crippen molar-refractivity contribution in [3.63, 3.8) is 0 Å². The van der Waals surface area contributed by atoms with Crippen LogP contribution in [0.25, 0.3) is 0 Å². The molecule has 30 heavy (non-hydrogen) atoms. The number of ether oxygens (including phenoxy) is 1. The lowest BCUT2D eigenvalue weighted by molar-refractivity contribution is -0.158. The van der Waals surface area contributed by atoms with Crippen molar-refractivity contribution in [2.45, 2.75) is 136 Å². The number of carbonyl (C=O) groups excluding carboxylic acids is 1. The first-order valence-corrected chi connectivity index (χ1v) is 12.9. The van der Waals surface area contributed by atoms with E-state index in [9.17, 15) is 14.7 Å². The SMILES string of the molecule is CCCCCCCC(CC(CCC)CCCCC)OC(=O)C1CCC(C(=O)O)CC1. The van der Waals surface area contributed by atoms with Crippen LogP contribution in [0.1, 0.15) is 130 Å². The molecule has 0 heterocycles. The molecule has 4 nitrogen and oxygen atoms in total. The highest BCUT2D eigenvalue weighted by molar-refractivity contribution is 5.74. The molecule has 0 radical (unpaired) electrons. The highest BCUT2D eigenvalue weighted by Crippen LogP contribution is 2.31. The van der Waals surface area contributed by atoms with E-state index in [0.717, 1.165) is 19.3 Å². The van der Waals surface area contributed by atoms with Crippen molar-refractivity contribution in [3.05, 3.63) is 0 Å². The minimum absolute atomic E-state index is 0.0366. The van der Waals surface area contributed by atoms with Crippen LogP contribution >= 0.6 is 0 Å².